The van der Waals surface area contributed by atoms with E-state index in [0.717, 1.165) is 6.08 Å². The molecule has 1 N–H and O–H groups in total. The van der Waals surface area contributed by atoms with Crippen LogP contribution < -0.4 is 0 Å². The van der Waals surface area contributed by atoms with Gasteiger partial charge in [0, 0.05) is 0 Å². The van der Waals surface area contributed by atoms with Gasteiger partial charge in [0.15, 0.2) is 0 Å². The van der Waals surface area contributed by atoms with Crippen LogP contribution in [0, 0.1) is 5.92 Å². The smallest absolute Gasteiger partial charge is 0.336 e. The van der Waals surface area contributed by atoms with Crippen LogP contribution >= 0.6 is 0 Å². The minimum Gasteiger partial charge on any atom is -0.478 e. The SMILES string of the molecule is CC(C)C=C=CC(=O)O. The number of carboxylic acids is 1. The number of aliphatic carboxylic acids is 1. The third-order valence-corrected chi connectivity index (χ3v) is 0.636. The number of hydrogen-bond acceptors (Lipinski definition) is 1. The van der Waals surface area contributed by atoms with Crippen LogP contribution in [0.3, 0.4) is 0 Å². The van der Waals surface area contributed by atoms with Crippen LogP contribution in [0.5, 0.6) is 0 Å². The van der Waals surface area contributed by atoms with Crippen LogP contribution in [-0.2, 0) is 4.79 Å². The molecular weight excluding hydrogens is 116 g/mol. The molecule has 0 rings (SSSR count). The molecule has 2 nitrogen and oxygen atoms in total. The highest BCUT2D eigenvalue weighted by Gasteiger charge is 1.82. The summed E-state index contributed by atoms with van der Waals surface area (Å²) < 4.78 is 0. The van der Waals surface area contributed by atoms with E-state index in [1.54, 1.807) is 6.08 Å². The van der Waals surface area contributed by atoms with Crippen LogP contribution in [0.15, 0.2) is 17.9 Å². The molecular formula is C7H10O2. The fraction of sp³-hybridized carbons (Fsp3) is 0.429. The van der Waals surface area contributed by atoms with Gasteiger partial charge in [0.2, 0.25) is 0 Å². The summed E-state index contributed by atoms with van der Waals surface area (Å²) in [5, 5.41) is 8.09. The van der Waals surface area contributed by atoms with Crippen molar-refractivity contribution >= 4 is 5.97 Å². The maximum absolute atomic E-state index is 9.84. The van der Waals surface area contributed by atoms with E-state index in [2.05, 4.69) is 5.73 Å². The van der Waals surface area contributed by atoms with E-state index < -0.39 is 5.97 Å². The van der Waals surface area contributed by atoms with Gasteiger partial charge in [-0.3, -0.25) is 0 Å². The van der Waals surface area contributed by atoms with Gasteiger partial charge in [0.1, 0.15) is 0 Å². The number of carbonyl (C=O) groups is 1. The Morgan fingerprint density at radius 3 is 2.56 bits per heavy atom. The normalized spacial score (nSPS) is 8.33. The van der Waals surface area contributed by atoms with Gasteiger partial charge in [0.05, 0.1) is 6.08 Å². The molecule has 0 amide bonds. The molecule has 0 radical (unpaired) electrons. The molecule has 0 aliphatic rings. The molecule has 50 valence electrons. The largest absolute Gasteiger partial charge is 0.478 e. The summed E-state index contributed by atoms with van der Waals surface area (Å²) in [6.45, 7) is 3.92. The monoisotopic (exact) mass is 126 g/mol. The third kappa shape index (κ3) is 6.99. The lowest BCUT2D eigenvalue weighted by Crippen LogP contribution is -1.84. The van der Waals surface area contributed by atoms with Crippen molar-refractivity contribution < 1.29 is 9.90 Å². The molecule has 0 heterocycles. The first-order valence-electron chi connectivity index (χ1n) is 2.78. The number of carboxylic acid groups (broad SMARTS) is 1. The molecule has 0 unspecified atom stereocenters. The Bertz CT molecular complexity index is 150. The van der Waals surface area contributed by atoms with Crippen LogP contribution in [0.4, 0.5) is 0 Å². The van der Waals surface area contributed by atoms with Crippen molar-refractivity contribution in [3.63, 3.8) is 0 Å². The van der Waals surface area contributed by atoms with Crippen molar-refractivity contribution in [2.75, 3.05) is 0 Å². The summed E-state index contributed by atoms with van der Waals surface area (Å²) in [5.41, 5.74) is 2.53. The van der Waals surface area contributed by atoms with Gasteiger partial charge in [-0.1, -0.05) is 13.8 Å². The van der Waals surface area contributed by atoms with E-state index in [1.807, 2.05) is 13.8 Å². The zero-order valence-electron chi connectivity index (χ0n) is 5.59. The Morgan fingerprint density at radius 2 is 2.22 bits per heavy atom. The van der Waals surface area contributed by atoms with Gasteiger partial charge >= 0.3 is 5.97 Å². The maximum Gasteiger partial charge on any atom is 0.336 e. The lowest BCUT2D eigenvalue weighted by atomic mass is 10.2. The van der Waals surface area contributed by atoms with Gasteiger partial charge in [-0.15, -0.1) is 5.73 Å². The molecule has 0 saturated carbocycles. The average Bonchev–Trinajstić information content (AvgIpc) is 1.63. The molecule has 0 fully saturated rings. The Kier molecular flexibility index (Phi) is 3.49. The van der Waals surface area contributed by atoms with Gasteiger partial charge in [-0.2, -0.15) is 0 Å². The highest BCUT2D eigenvalue weighted by atomic mass is 16.4. The quantitative estimate of drug-likeness (QED) is 0.449. The highest BCUT2D eigenvalue weighted by Crippen LogP contribution is 1.89. The summed E-state index contributed by atoms with van der Waals surface area (Å²) in [4.78, 5) is 9.84. The van der Waals surface area contributed by atoms with Crippen LogP contribution in [-0.4, -0.2) is 11.1 Å². The second kappa shape index (κ2) is 3.93. The van der Waals surface area contributed by atoms with E-state index >= 15 is 0 Å². The molecule has 0 aliphatic heterocycles. The molecule has 0 aromatic rings. The predicted octanol–water partition coefficient (Wildman–Crippen LogP) is 1.44. The molecule has 2 heteroatoms. The van der Waals surface area contributed by atoms with E-state index in [0.29, 0.717) is 5.92 Å². The summed E-state index contributed by atoms with van der Waals surface area (Å²) in [6, 6.07) is 0. The lowest BCUT2D eigenvalue weighted by Gasteiger charge is -1.85. The summed E-state index contributed by atoms with van der Waals surface area (Å²) >= 11 is 0. The van der Waals surface area contributed by atoms with E-state index in [4.69, 9.17) is 5.11 Å². The van der Waals surface area contributed by atoms with Gasteiger partial charge in [0.25, 0.3) is 0 Å². The summed E-state index contributed by atoms with van der Waals surface area (Å²) in [7, 11) is 0. The zero-order chi connectivity index (χ0) is 7.28. The molecule has 0 aliphatic carbocycles. The first kappa shape index (κ1) is 7.99. The Balaban J connectivity index is 3.82. The van der Waals surface area contributed by atoms with Crippen molar-refractivity contribution in [1.29, 1.82) is 0 Å². The fourth-order valence-corrected chi connectivity index (χ4v) is 0.312. The number of rotatable bonds is 2. The maximum atomic E-state index is 9.84. The average molecular weight is 126 g/mol. The van der Waals surface area contributed by atoms with Crippen molar-refractivity contribution in [2.24, 2.45) is 5.92 Å². The van der Waals surface area contributed by atoms with Crippen LogP contribution in [0.25, 0.3) is 0 Å². The van der Waals surface area contributed by atoms with Gasteiger partial charge < -0.3 is 5.11 Å². The minimum absolute atomic E-state index is 0.362. The van der Waals surface area contributed by atoms with Crippen molar-refractivity contribution in [1.82, 2.24) is 0 Å². The lowest BCUT2D eigenvalue weighted by molar-refractivity contribution is -0.131. The first-order chi connectivity index (χ1) is 4.13. The topological polar surface area (TPSA) is 37.3 Å². The van der Waals surface area contributed by atoms with Crippen molar-refractivity contribution in [3.8, 4) is 0 Å². The standard InChI is InChI=1S/C7H10O2/c1-6(2)4-3-5-7(8)9/h4-6H,1-2H3,(H,8,9). The van der Waals surface area contributed by atoms with Gasteiger partial charge in [-0.25, -0.2) is 4.79 Å². The zero-order valence-corrected chi connectivity index (χ0v) is 5.59. The molecule has 0 spiro atoms. The first-order valence-corrected chi connectivity index (χ1v) is 2.78. The summed E-state index contributed by atoms with van der Waals surface area (Å²) in [6.07, 6.45) is 2.70. The van der Waals surface area contributed by atoms with Crippen molar-refractivity contribution in [2.45, 2.75) is 13.8 Å². The molecule has 0 bridgehead atoms. The van der Waals surface area contributed by atoms with Crippen LogP contribution in [0.2, 0.25) is 0 Å². The molecule has 0 saturated heterocycles. The van der Waals surface area contributed by atoms with E-state index in [9.17, 15) is 4.79 Å². The van der Waals surface area contributed by atoms with Crippen LogP contribution in [0.1, 0.15) is 13.8 Å². The Labute approximate surface area is 54.5 Å². The fourth-order valence-electron chi connectivity index (χ4n) is 0.312. The second-order valence-corrected chi connectivity index (χ2v) is 2.06. The number of hydrogen-bond donors (Lipinski definition) is 1. The summed E-state index contributed by atoms with van der Waals surface area (Å²) in [5.74, 6) is -0.590. The third-order valence-electron chi connectivity index (χ3n) is 0.636. The van der Waals surface area contributed by atoms with E-state index in [1.165, 1.54) is 0 Å². The Hall–Kier alpha value is -1.01. The Morgan fingerprint density at radius 1 is 1.67 bits per heavy atom. The predicted molar refractivity (Wildman–Crippen MR) is 35.1 cm³/mol. The second-order valence-electron chi connectivity index (χ2n) is 2.06. The minimum atomic E-state index is -0.952. The molecule has 0 aromatic heterocycles. The molecule has 0 aromatic carbocycles. The molecule has 0 atom stereocenters. The highest BCUT2D eigenvalue weighted by molar-refractivity contribution is 5.79. The molecule has 9 heavy (non-hydrogen) atoms. The van der Waals surface area contributed by atoms with E-state index in [-0.39, 0.29) is 0 Å². The van der Waals surface area contributed by atoms with Gasteiger partial charge in [-0.05, 0) is 12.0 Å². The van der Waals surface area contributed by atoms with Crippen molar-refractivity contribution in [3.05, 3.63) is 17.9 Å².